The molecule has 0 radical (unpaired) electrons. The van der Waals surface area contributed by atoms with Crippen molar-refractivity contribution in [1.82, 2.24) is 4.98 Å². The van der Waals surface area contributed by atoms with Gasteiger partial charge in [-0.3, -0.25) is 4.79 Å². The van der Waals surface area contributed by atoms with E-state index >= 15 is 0 Å². The highest BCUT2D eigenvalue weighted by Crippen LogP contribution is 2.25. The van der Waals surface area contributed by atoms with Gasteiger partial charge in [0.2, 0.25) is 0 Å². The van der Waals surface area contributed by atoms with Gasteiger partial charge in [0.1, 0.15) is 5.69 Å². The highest BCUT2D eigenvalue weighted by atomic mass is 79.9. The fourth-order valence-electron chi connectivity index (χ4n) is 2.59. The predicted molar refractivity (Wildman–Crippen MR) is 91.7 cm³/mol. The minimum absolute atomic E-state index is 0.149. The van der Waals surface area contributed by atoms with Gasteiger partial charge >= 0.3 is 0 Å². The van der Waals surface area contributed by atoms with Crippen LogP contribution < -0.4 is 0 Å². The molecule has 2 aromatic rings. The van der Waals surface area contributed by atoms with Gasteiger partial charge in [0, 0.05) is 16.3 Å². The molecule has 0 N–H and O–H groups in total. The molecular formula is C18H22BrNO. The highest BCUT2D eigenvalue weighted by molar-refractivity contribution is 9.10. The number of hydrogen-bond acceptors (Lipinski definition) is 2. The zero-order valence-electron chi connectivity index (χ0n) is 12.7. The lowest BCUT2D eigenvalue weighted by atomic mass is 9.93. The van der Waals surface area contributed by atoms with Crippen molar-refractivity contribution in [3.05, 3.63) is 40.5 Å². The Hall–Kier alpha value is -1.22. The van der Waals surface area contributed by atoms with Crippen molar-refractivity contribution in [2.75, 3.05) is 0 Å². The molecule has 1 unspecified atom stereocenters. The van der Waals surface area contributed by atoms with Gasteiger partial charge in [-0.2, -0.15) is 0 Å². The maximum absolute atomic E-state index is 12.5. The molecule has 1 aromatic heterocycles. The van der Waals surface area contributed by atoms with Crippen LogP contribution in [0.15, 0.2) is 34.8 Å². The van der Waals surface area contributed by atoms with E-state index in [0.29, 0.717) is 18.0 Å². The van der Waals surface area contributed by atoms with Crippen molar-refractivity contribution in [3.8, 4) is 0 Å². The number of nitrogens with zero attached hydrogens (tertiary/aromatic N) is 1. The van der Waals surface area contributed by atoms with E-state index in [4.69, 9.17) is 0 Å². The molecular weight excluding hydrogens is 326 g/mol. The zero-order chi connectivity index (χ0) is 15.2. The number of carbonyl (C=O) groups is 1. The van der Waals surface area contributed by atoms with Gasteiger partial charge < -0.3 is 0 Å². The molecule has 0 aliphatic heterocycles. The van der Waals surface area contributed by atoms with E-state index in [2.05, 4.69) is 34.8 Å². The van der Waals surface area contributed by atoms with Gasteiger partial charge in [0.25, 0.3) is 0 Å². The van der Waals surface area contributed by atoms with Gasteiger partial charge in [-0.05, 0) is 34.0 Å². The third kappa shape index (κ3) is 4.13. The summed E-state index contributed by atoms with van der Waals surface area (Å²) in [6.07, 6.45) is 5.15. The summed E-state index contributed by atoms with van der Waals surface area (Å²) in [7, 11) is 0. The molecule has 0 amide bonds. The Balaban J connectivity index is 2.20. The Morgan fingerprint density at radius 3 is 2.76 bits per heavy atom. The zero-order valence-corrected chi connectivity index (χ0v) is 14.3. The van der Waals surface area contributed by atoms with E-state index in [1.807, 2.05) is 30.3 Å². The number of ketones is 1. The second-order valence-corrected chi connectivity index (χ2v) is 6.41. The summed E-state index contributed by atoms with van der Waals surface area (Å²) in [5.74, 6) is 0.619. The van der Waals surface area contributed by atoms with Crippen LogP contribution in [0.3, 0.4) is 0 Å². The average Bonchev–Trinajstić information content (AvgIpc) is 2.50. The molecule has 2 rings (SSSR count). The Labute approximate surface area is 135 Å². The standard InChI is InChI=1S/C18H22BrNO/c1-3-5-8-13(4-2)11-17(21)18-15(19)12-14-9-6-7-10-16(14)20-18/h6-7,9-10,12-13H,3-5,8,11H2,1-2H3. The fourth-order valence-corrected chi connectivity index (χ4v) is 3.14. The first kappa shape index (κ1) is 16.2. The van der Waals surface area contributed by atoms with E-state index in [9.17, 15) is 4.79 Å². The summed E-state index contributed by atoms with van der Waals surface area (Å²) in [5, 5.41) is 1.05. The van der Waals surface area contributed by atoms with Crippen molar-refractivity contribution >= 4 is 32.6 Å². The molecule has 0 bridgehead atoms. The van der Waals surface area contributed by atoms with Crippen LogP contribution in [-0.2, 0) is 0 Å². The van der Waals surface area contributed by atoms with Crippen molar-refractivity contribution < 1.29 is 4.79 Å². The van der Waals surface area contributed by atoms with Gasteiger partial charge in [-0.15, -0.1) is 0 Å². The van der Waals surface area contributed by atoms with Crippen LogP contribution in [0.1, 0.15) is 56.4 Å². The number of carbonyl (C=O) groups excluding carboxylic acids is 1. The summed E-state index contributed by atoms with van der Waals surface area (Å²) in [6.45, 7) is 4.35. The number of aromatic nitrogens is 1. The first-order valence-corrected chi connectivity index (χ1v) is 8.53. The van der Waals surface area contributed by atoms with Gasteiger partial charge in [0.15, 0.2) is 5.78 Å². The number of hydrogen-bond donors (Lipinski definition) is 0. The number of unbranched alkanes of at least 4 members (excludes halogenated alkanes) is 1. The molecule has 21 heavy (non-hydrogen) atoms. The lowest BCUT2D eigenvalue weighted by molar-refractivity contribution is 0.0951. The molecule has 0 saturated heterocycles. The first-order chi connectivity index (χ1) is 10.2. The predicted octanol–water partition coefficient (Wildman–Crippen LogP) is 5.79. The Morgan fingerprint density at radius 1 is 1.29 bits per heavy atom. The molecule has 112 valence electrons. The summed E-state index contributed by atoms with van der Waals surface area (Å²) in [6, 6.07) is 9.89. The molecule has 0 aliphatic carbocycles. The lowest BCUT2D eigenvalue weighted by Crippen LogP contribution is -2.11. The second kappa shape index (κ2) is 7.69. The van der Waals surface area contributed by atoms with Crippen LogP contribution in [0.4, 0.5) is 0 Å². The first-order valence-electron chi connectivity index (χ1n) is 7.74. The van der Waals surface area contributed by atoms with Gasteiger partial charge in [0.05, 0.1) is 5.52 Å². The summed E-state index contributed by atoms with van der Waals surface area (Å²) in [5.41, 5.74) is 1.45. The second-order valence-electron chi connectivity index (χ2n) is 5.56. The van der Waals surface area contributed by atoms with E-state index in [1.165, 1.54) is 12.8 Å². The Bertz CT molecular complexity index is 624. The molecule has 0 aliphatic rings. The van der Waals surface area contributed by atoms with Crippen molar-refractivity contribution in [2.45, 2.75) is 46.0 Å². The topological polar surface area (TPSA) is 30.0 Å². The minimum atomic E-state index is 0.149. The van der Waals surface area contributed by atoms with E-state index in [0.717, 1.165) is 28.2 Å². The molecule has 0 saturated carbocycles. The summed E-state index contributed by atoms with van der Waals surface area (Å²) in [4.78, 5) is 17.1. The van der Waals surface area contributed by atoms with Crippen LogP contribution in [-0.4, -0.2) is 10.8 Å². The number of benzene rings is 1. The normalized spacial score (nSPS) is 12.5. The Morgan fingerprint density at radius 2 is 2.05 bits per heavy atom. The largest absolute Gasteiger partial charge is 0.292 e. The van der Waals surface area contributed by atoms with Crippen LogP contribution in [0, 0.1) is 5.92 Å². The third-order valence-electron chi connectivity index (χ3n) is 3.96. The summed E-state index contributed by atoms with van der Waals surface area (Å²) < 4.78 is 0.802. The van der Waals surface area contributed by atoms with E-state index in [1.54, 1.807) is 0 Å². The molecule has 1 aromatic carbocycles. The SMILES string of the molecule is CCCCC(CC)CC(=O)c1nc2ccccc2cc1Br. The summed E-state index contributed by atoms with van der Waals surface area (Å²) >= 11 is 3.50. The van der Waals surface area contributed by atoms with Crippen LogP contribution >= 0.6 is 15.9 Å². The van der Waals surface area contributed by atoms with Crippen molar-refractivity contribution in [3.63, 3.8) is 0 Å². The van der Waals surface area contributed by atoms with Gasteiger partial charge in [-0.1, -0.05) is 57.7 Å². The number of rotatable bonds is 7. The minimum Gasteiger partial charge on any atom is -0.292 e. The number of fused-ring (bicyclic) bond motifs is 1. The number of pyridine rings is 1. The maximum Gasteiger partial charge on any atom is 0.182 e. The monoisotopic (exact) mass is 347 g/mol. The molecule has 3 heteroatoms. The van der Waals surface area contributed by atoms with Crippen LogP contribution in [0.2, 0.25) is 0 Å². The molecule has 1 heterocycles. The quantitative estimate of drug-likeness (QED) is 0.593. The molecule has 0 spiro atoms. The van der Waals surface area contributed by atoms with Crippen LogP contribution in [0.25, 0.3) is 10.9 Å². The fraction of sp³-hybridized carbons (Fsp3) is 0.444. The smallest absolute Gasteiger partial charge is 0.182 e. The van der Waals surface area contributed by atoms with E-state index < -0.39 is 0 Å². The molecule has 2 nitrogen and oxygen atoms in total. The van der Waals surface area contributed by atoms with Crippen molar-refractivity contribution in [1.29, 1.82) is 0 Å². The van der Waals surface area contributed by atoms with Crippen molar-refractivity contribution in [2.24, 2.45) is 5.92 Å². The number of para-hydroxylation sites is 1. The third-order valence-corrected chi connectivity index (χ3v) is 4.56. The van der Waals surface area contributed by atoms with Crippen LogP contribution in [0.5, 0.6) is 0 Å². The number of Topliss-reactive ketones (excluding diaryl/α,β-unsaturated/α-hetero) is 1. The highest BCUT2D eigenvalue weighted by Gasteiger charge is 2.17. The Kier molecular flexibility index (Phi) is 5.92. The van der Waals surface area contributed by atoms with Gasteiger partial charge in [-0.25, -0.2) is 4.98 Å². The maximum atomic E-state index is 12.5. The lowest BCUT2D eigenvalue weighted by Gasteiger charge is -2.14. The molecule has 1 atom stereocenters. The molecule has 0 fully saturated rings. The number of halogens is 1. The van der Waals surface area contributed by atoms with E-state index in [-0.39, 0.29) is 5.78 Å². The average molecular weight is 348 g/mol.